The number of hydrogen-bond acceptors (Lipinski definition) is 2. The Hall–Kier alpha value is -0.930. The Bertz CT molecular complexity index is 288. The first kappa shape index (κ1) is 10.2. The summed E-state index contributed by atoms with van der Waals surface area (Å²) in [5.41, 5.74) is 6.95. The van der Waals surface area contributed by atoms with Crippen LogP contribution in [0.25, 0.3) is 0 Å². The molecule has 0 saturated heterocycles. The van der Waals surface area contributed by atoms with E-state index in [-0.39, 0.29) is 18.5 Å². The number of aliphatic hydroxyl groups is 1. The predicted octanol–water partition coefficient (Wildman–Crippen LogP) is 0.996. The summed E-state index contributed by atoms with van der Waals surface area (Å²) in [5, 5.41) is 8.69. The standard InChI is InChI=1S/C10H14FNO/c1-7-2-3-8(10(11)4-7)5-9(12)6-13/h2-4,9,13H,5-6,12H2,1H3. The fraction of sp³-hybridized carbons (Fsp3) is 0.400. The molecule has 3 N–H and O–H groups in total. The normalized spacial score (nSPS) is 12.9. The first-order chi connectivity index (χ1) is 6.13. The third kappa shape index (κ3) is 2.79. The van der Waals surface area contributed by atoms with Crippen molar-refractivity contribution in [3.05, 3.63) is 35.1 Å². The minimum Gasteiger partial charge on any atom is -0.395 e. The van der Waals surface area contributed by atoms with Gasteiger partial charge in [-0.1, -0.05) is 12.1 Å². The van der Waals surface area contributed by atoms with Gasteiger partial charge >= 0.3 is 0 Å². The van der Waals surface area contributed by atoms with E-state index in [1.165, 1.54) is 6.07 Å². The number of halogens is 1. The molecule has 0 aromatic heterocycles. The first-order valence-electron chi connectivity index (χ1n) is 4.25. The van der Waals surface area contributed by atoms with Crippen molar-refractivity contribution in [2.45, 2.75) is 19.4 Å². The van der Waals surface area contributed by atoms with E-state index >= 15 is 0 Å². The molecular formula is C10H14FNO. The van der Waals surface area contributed by atoms with Crippen LogP contribution in [0.2, 0.25) is 0 Å². The molecule has 0 fully saturated rings. The van der Waals surface area contributed by atoms with E-state index in [0.29, 0.717) is 12.0 Å². The Kier molecular flexibility index (Phi) is 3.39. The lowest BCUT2D eigenvalue weighted by Gasteiger charge is -2.08. The maximum atomic E-state index is 13.2. The van der Waals surface area contributed by atoms with Crippen molar-refractivity contribution < 1.29 is 9.50 Å². The van der Waals surface area contributed by atoms with Crippen molar-refractivity contribution >= 4 is 0 Å². The Morgan fingerprint density at radius 2 is 2.23 bits per heavy atom. The smallest absolute Gasteiger partial charge is 0.126 e. The minimum atomic E-state index is -0.378. The average Bonchev–Trinajstić information content (AvgIpc) is 2.09. The van der Waals surface area contributed by atoms with Gasteiger partial charge in [0.05, 0.1) is 6.61 Å². The third-order valence-corrected chi connectivity index (χ3v) is 1.93. The Morgan fingerprint density at radius 3 is 2.77 bits per heavy atom. The molecule has 0 saturated carbocycles. The van der Waals surface area contributed by atoms with Gasteiger partial charge in [0.2, 0.25) is 0 Å². The molecule has 1 unspecified atom stereocenters. The molecule has 1 aromatic carbocycles. The summed E-state index contributed by atoms with van der Waals surface area (Å²) in [6.07, 6.45) is 0.378. The van der Waals surface area contributed by atoms with Gasteiger partial charge in [-0.3, -0.25) is 0 Å². The Morgan fingerprint density at radius 1 is 1.54 bits per heavy atom. The second-order valence-electron chi connectivity index (χ2n) is 3.24. The molecule has 0 bridgehead atoms. The van der Waals surface area contributed by atoms with E-state index in [1.807, 2.05) is 13.0 Å². The van der Waals surface area contributed by atoms with E-state index < -0.39 is 0 Å². The summed E-state index contributed by atoms with van der Waals surface area (Å²) in [7, 11) is 0. The topological polar surface area (TPSA) is 46.2 Å². The van der Waals surface area contributed by atoms with Crippen LogP contribution in [0.3, 0.4) is 0 Å². The molecule has 0 amide bonds. The number of aliphatic hydroxyl groups excluding tert-OH is 1. The van der Waals surface area contributed by atoms with Gasteiger partial charge in [-0.25, -0.2) is 4.39 Å². The molecule has 3 heteroatoms. The van der Waals surface area contributed by atoms with Crippen molar-refractivity contribution in [1.29, 1.82) is 0 Å². The number of aryl methyl sites for hydroxylation is 1. The summed E-state index contributed by atoms with van der Waals surface area (Å²) >= 11 is 0. The zero-order chi connectivity index (χ0) is 9.84. The fourth-order valence-corrected chi connectivity index (χ4v) is 1.16. The highest BCUT2D eigenvalue weighted by Crippen LogP contribution is 2.11. The summed E-state index contributed by atoms with van der Waals surface area (Å²) in [6.45, 7) is 1.71. The quantitative estimate of drug-likeness (QED) is 0.734. The van der Waals surface area contributed by atoms with Crippen LogP contribution in [0.15, 0.2) is 18.2 Å². The van der Waals surface area contributed by atoms with Crippen molar-refractivity contribution in [3.8, 4) is 0 Å². The van der Waals surface area contributed by atoms with Crippen LogP contribution >= 0.6 is 0 Å². The van der Waals surface area contributed by atoms with Crippen LogP contribution in [0.4, 0.5) is 4.39 Å². The molecule has 0 heterocycles. The van der Waals surface area contributed by atoms with Crippen LogP contribution in [0.5, 0.6) is 0 Å². The molecular weight excluding hydrogens is 169 g/mol. The third-order valence-electron chi connectivity index (χ3n) is 1.93. The van der Waals surface area contributed by atoms with Crippen molar-refractivity contribution in [2.24, 2.45) is 5.73 Å². The van der Waals surface area contributed by atoms with Crippen LogP contribution in [-0.2, 0) is 6.42 Å². The number of rotatable bonds is 3. The molecule has 1 aromatic rings. The minimum absolute atomic E-state index is 0.118. The van der Waals surface area contributed by atoms with Gasteiger partial charge in [-0.05, 0) is 30.5 Å². The van der Waals surface area contributed by atoms with Gasteiger partial charge in [0, 0.05) is 6.04 Å². The lowest BCUT2D eigenvalue weighted by atomic mass is 10.0. The van der Waals surface area contributed by atoms with Crippen LogP contribution in [0.1, 0.15) is 11.1 Å². The Balaban J connectivity index is 2.77. The van der Waals surface area contributed by atoms with Crippen LogP contribution in [-0.4, -0.2) is 17.8 Å². The van der Waals surface area contributed by atoms with E-state index in [2.05, 4.69) is 0 Å². The molecule has 2 nitrogen and oxygen atoms in total. The van der Waals surface area contributed by atoms with Gasteiger partial charge < -0.3 is 10.8 Å². The van der Waals surface area contributed by atoms with Gasteiger partial charge in [0.15, 0.2) is 0 Å². The largest absolute Gasteiger partial charge is 0.395 e. The molecule has 0 aliphatic rings. The monoisotopic (exact) mass is 183 g/mol. The maximum absolute atomic E-state index is 13.2. The first-order valence-corrected chi connectivity index (χ1v) is 4.25. The molecule has 1 rings (SSSR count). The molecule has 0 aliphatic heterocycles. The van der Waals surface area contributed by atoms with Crippen molar-refractivity contribution in [1.82, 2.24) is 0 Å². The molecule has 0 aliphatic carbocycles. The summed E-state index contributed by atoms with van der Waals surface area (Å²) in [6, 6.07) is 4.64. The predicted molar refractivity (Wildman–Crippen MR) is 49.9 cm³/mol. The average molecular weight is 183 g/mol. The zero-order valence-electron chi connectivity index (χ0n) is 7.63. The summed E-state index contributed by atoms with van der Waals surface area (Å²) in [5.74, 6) is -0.246. The summed E-state index contributed by atoms with van der Waals surface area (Å²) < 4.78 is 13.2. The van der Waals surface area contributed by atoms with Crippen LogP contribution < -0.4 is 5.73 Å². The number of nitrogens with two attached hydrogens (primary N) is 1. The molecule has 0 spiro atoms. The number of hydrogen-bond donors (Lipinski definition) is 2. The van der Waals surface area contributed by atoms with Gasteiger partial charge in [0.1, 0.15) is 5.82 Å². The highest BCUT2D eigenvalue weighted by Gasteiger charge is 2.06. The molecule has 0 radical (unpaired) electrons. The lowest BCUT2D eigenvalue weighted by Crippen LogP contribution is -2.27. The highest BCUT2D eigenvalue weighted by atomic mass is 19.1. The van der Waals surface area contributed by atoms with E-state index in [0.717, 1.165) is 5.56 Å². The van der Waals surface area contributed by atoms with E-state index in [1.54, 1.807) is 6.07 Å². The van der Waals surface area contributed by atoms with Crippen molar-refractivity contribution in [2.75, 3.05) is 6.61 Å². The second-order valence-corrected chi connectivity index (χ2v) is 3.24. The maximum Gasteiger partial charge on any atom is 0.126 e. The SMILES string of the molecule is Cc1ccc(CC(N)CO)c(F)c1. The summed E-state index contributed by atoms with van der Waals surface area (Å²) in [4.78, 5) is 0. The van der Waals surface area contributed by atoms with E-state index in [9.17, 15) is 4.39 Å². The molecule has 1 atom stereocenters. The van der Waals surface area contributed by atoms with Gasteiger partial charge in [0.25, 0.3) is 0 Å². The highest BCUT2D eigenvalue weighted by molar-refractivity contribution is 5.24. The molecule has 72 valence electrons. The Labute approximate surface area is 77.2 Å². The van der Waals surface area contributed by atoms with Crippen molar-refractivity contribution in [3.63, 3.8) is 0 Å². The van der Waals surface area contributed by atoms with Gasteiger partial charge in [-0.2, -0.15) is 0 Å². The van der Waals surface area contributed by atoms with E-state index in [4.69, 9.17) is 10.8 Å². The van der Waals surface area contributed by atoms with Crippen LogP contribution in [0, 0.1) is 12.7 Å². The molecule has 13 heavy (non-hydrogen) atoms. The zero-order valence-corrected chi connectivity index (χ0v) is 7.63. The fourth-order valence-electron chi connectivity index (χ4n) is 1.16. The number of benzene rings is 1. The lowest BCUT2D eigenvalue weighted by molar-refractivity contribution is 0.264. The van der Waals surface area contributed by atoms with Gasteiger partial charge in [-0.15, -0.1) is 0 Å². The second kappa shape index (κ2) is 4.35.